The lowest BCUT2D eigenvalue weighted by atomic mass is 9.68. The van der Waals surface area contributed by atoms with Gasteiger partial charge >= 0.3 is 6.03 Å². The molecule has 0 saturated carbocycles. The minimum Gasteiger partial charge on any atom is -0.367 e. The van der Waals surface area contributed by atoms with Crippen LogP contribution in [-0.4, -0.2) is 60.2 Å². The van der Waals surface area contributed by atoms with Gasteiger partial charge < -0.3 is 10.2 Å². The Hall–Kier alpha value is -2.90. The van der Waals surface area contributed by atoms with E-state index < -0.39 is 23.3 Å². The van der Waals surface area contributed by atoms with Crippen LogP contribution >= 0.6 is 0 Å². The van der Waals surface area contributed by atoms with Crippen LogP contribution in [0, 0.1) is 5.41 Å². The maximum Gasteiger partial charge on any atom is 0.332 e. The van der Waals surface area contributed by atoms with Gasteiger partial charge in [-0.1, -0.05) is 6.92 Å². The number of urea groups is 1. The van der Waals surface area contributed by atoms with Crippen LogP contribution in [0.2, 0.25) is 0 Å². The Balaban J connectivity index is 1.82. The van der Waals surface area contributed by atoms with E-state index in [1.165, 1.54) is 14.1 Å². The van der Waals surface area contributed by atoms with Gasteiger partial charge in [0.15, 0.2) is 5.41 Å². The third-order valence-corrected chi connectivity index (χ3v) is 6.23. The Morgan fingerprint density at radius 3 is 2.50 bits per heavy atom. The monoisotopic (exact) mass is 384 g/mol. The number of carbonyl (C=O) groups excluding carboxylic acids is 4. The Labute approximate surface area is 163 Å². The van der Waals surface area contributed by atoms with Crippen molar-refractivity contribution in [3.05, 3.63) is 23.8 Å². The molecular formula is C20H24N4O4. The number of fused-ring (bicyclic) bond motifs is 4. The summed E-state index contributed by atoms with van der Waals surface area (Å²) in [5, 5.41) is 2.84. The Morgan fingerprint density at radius 2 is 1.86 bits per heavy atom. The zero-order valence-electron chi connectivity index (χ0n) is 16.3. The number of nitrogens with one attached hydrogen (secondary N) is 1. The number of barbiturate groups is 1. The predicted octanol–water partition coefficient (Wildman–Crippen LogP) is 1.60. The molecule has 1 spiro atoms. The van der Waals surface area contributed by atoms with Gasteiger partial charge in [-0.25, -0.2) is 4.79 Å². The molecule has 0 aliphatic carbocycles. The minimum atomic E-state index is -1.31. The Morgan fingerprint density at radius 1 is 1.18 bits per heavy atom. The molecule has 5 amide bonds. The molecule has 0 radical (unpaired) electrons. The first-order valence-electron chi connectivity index (χ1n) is 9.61. The first kappa shape index (κ1) is 18.5. The molecule has 3 aliphatic heterocycles. The van der Waals surface area contributed by atoms with Crippen LogP contribution in [0.3, 0.4) is 0 Å². The molecule has 2 fully saturated rings. The summed E-state index contributed by atoms with van der Waals surface area (Å²) in [5.74, 6) is -0.975. The van der Waals surface area contributed by atoms with Crippen molar-refractivity contribution in [3.63, 3.8) is 0 Å². The first-order chi connectivity index (χ1) is 13.3. The van der Waals surface area contributed by atoms with Crippen molar-refractivity contribution in [3.8, 4) is 0 Å². The summed E-state index contributed by atoms with van der Waals surface area (Å²) < 4.78 is 0. The topological polar surface area (TPSA) is 90.0 Å². The van der Waals surface area contributed by atoms with Crippen molar-refractivity contribution in [1.82, 2.24) is 9.80 Å². The molecule has 148 valence electrons. The van der Waals surface area contributed by atoms with E-state index in [2.05, 4.69) is 10.2 Å². The Kier molecular flexibility index (Phi) is 4.17. The van der Waals surface area contributed by atoms with E-state index in [0.717, 1.165) is 40.4 Å². The lowest BCUT2D eigenvalue weighted by molar-refractivity contribution is -0.159. The van der Waals surface area contributed by atoms with Crippen molar-refractivity contribution in [2.75, 3.05) is 30.9 Å². The molecule has 28 heavy (non-hydrogen) atoms. The molecule has 3 heterocycles. The van der Waals surface area contributed by atoms with Crippen molar-refractivity contribution in [1.29, 1.82) is 0 Å². The molecule has 0 bridgehead atoms. The third kappa shape index (κ3) is 2.36. The van der Waals surface area contributed by atoms with Gasteiger partial charge in [0, 0.05) is 38.4 Å². The summed E-state index contributed by atoms with van der Waals surface area (Å²) in [7, 11) is 2.87. The largest absolute Gasteiger partial charge is 0.367 e. The van der Waals surface area contributed by atoms with E-state index in [-0.39, 0.29) is 18.4 Å². The zero-order chi connectivity index (χ0) is 20.2. The lowest BCUT2D eigenvalue weighted by Gasteiger charge is -2.50. The molecule has 8 heteroatoms. The van der Waals surface area contributed by atoms with Gasteiger partial charge in [-0.2, -0.15) is 0 Å². The average molecular weight is 384 g/mol. The number of nitrogens with zero attached hydrogens (tertiary/aromatic N) is 3. The van der Waals surface area contributed by atoms with Crippen molar-refractivity contribution in [2.45, 2.75) is 38.6 Å². The molecule has 1 N–H and O–H groups in total. The van der Waals surface area contributed by atoms with Crippen LogP contribution in [0.15, 0.2) is 18.2 Å². The van der Waals surface area contributed by atoms with E-state index in [1.54, 1.807) is 6.92 Å². The highest BCUT2D eigenvalue weighted by molar-refractivity contribution is 6.20. The fourth-order valence-corrected chi connectivity index (χ4v) is 4.85. The fourth-order valence-electron chi connectivity index (χ4n) is 4.85. The number of hydrogen-bond acceptors (Lipinski definition) is 5. The van der Waals surface area contributed by atoms with Crippen molar-refractivity contribution in [2.24, 2.45) is 5.41 Å². The highest BCUT2D eigenvalue weighted by Crippen LogP contribution is 2.49. The second-order valence-corrected chi connectivity index (χ2v) is 7.76. The van der Waals surface area contributed by atoms with Crippen molar-refractivity contribution < 1.29 is 19.2 Å². The van der Waals surface area contributed by atoms with Gasteiger partial charge in [0.25, 0.3) is 0 Å². The van der Waals surface area contributed by atoms with Crippen LogP contribution in [0.25, 0.3) is 0 Å². The van der Waals surface area contributed by atoms with Crippen LogP contribution in [0.5, 0.6) is 0 Å². The summed E-state index contributed by atoms with van der Waals surface area (Å²) in [6, 6.07) is 4.78. The summed E-state index contributed by atoms with van der Waals surface area (Å²) in [5.41, 5.74) is 1.16. The van der Waals surface area contributed by atoms with E-state index in [1.807, 2.05) is 18.2 Å². The molecule has 4 rings (SSSR count). The van der Waals surface area contributed by atoms with E-state index in [9.17, 15) is 19.2 Å². The normalized spacial score (nSPS) is 23.2. The van der Waals surface area contributed by atoms with E-state index in [0.29, 0.717) is 12.1 Å². The van der Waals surface area contributed by atoms with E-state index in [4.69, 9.17) is 0 Å². The quantitative estimate of drug-likeness (QED) is 0.782. The van der Waals surface area contributed by atoms with Crippen LogP contribution in [-0.2, 0) is 20.8 Å². The lowest BCUT2D eigenvalue weighted by Crippen LogP contribution is -2.70. The second-order valence-electron chi connectivity index (χ2n) is 7.76. The average Bonchev–Trinajstić information content (AvgIpc) is 3.19. The SMILES string of the molecule is CCC(=O)Nc1ccc2c(c1)CC1(C(=O)N(C)C(=O)N(C)C1=O)C1CCCN21. The maximum atomic E-state index is 13.3. The van der Waals surface area contributed by atoms with Crippen molar-refractivity contribution >= 4 is 35.1 Å². The summed E-state index contributed by atoms with van der Waals surface area (Å²) in [6.07, 6.45) is 2.19. The highest BCUT2D eigenvalue weighted by atomic mass is 16.2. The van der Waals surface area contributed by atoms with Gasteiger partial charge in [0.1, 0.15) is 0 Å². The molecule has 3 aliphatic rings. The minimum absolute atomic E-state index is 0.0978. The highest BCUT2D eigenvalue weighted by Gasteiger charge is 2.63. The maximum absolute atomic E-state index is 13.3. The predicted molar refractivity (Wildman–Crippen MR) is 103 cm³/mol. The number of anilines is 2. The molecular weight excluding hydrogens is 360 g/mol. The van der Waals surface area contributed by atoms with Gasteiger partial charge in [0.2, 0.25) is 17.7 Å². The second kappa shape index (κ2) is 6.32. The smallest absolute Gasteiger partial charge is 0.332 e. The summed E-state index contributed by atoms with van der Waals surface area (Å²) >= 11 is 0. The molecule has 2 saturated heterocycles. The van der Waals surface area contributed by atoms with Crippen LogP contribution < -0.4 is 10.2 Å². The standard InChI is InChI=1S/C20H24N4O4/c1-4-16(25)21-13-7-8-14-12(10-13)11-20(15-6-5-9-24(14)15)17(26)22(2)19(28)23(3)18(20)27/h7-8,10,15H,4-6,9,11H2,1-3H3,(H,21,25). The Bertz CT molecular complexity index is 872. The zero-order valence-corrected chi connectivity index (χ0v) is 16.3. The number of carbonyl (C=O) groups is 4. The van der Waals surface area contributed by atoms with Crippen LogP contribution in [0.1, 0.15) is 31.7 Å². The molecule has 1 aromatic carbocycles. The fraction of sp³-hybridized carbons (Fsp3) is 0.500. The molecule has 8 nitrogen and oxygen atoms in total. The number of hydrogen-bond donors (Lipinski definition) is 1. The van der Waals surface area contributed by atoms with Gasteiger partial charge in [-0.15, -0.1) is 0 Å². The molecule has 1 atom stereocenters. The summed E-state index contributed by atoms with van der Waals surface area (Å²) in [4.78, 5) is 54.9. The van der Waals surface area contributed by atoms with Gasteiger partial charge in [-0.3, -0.25) is 24.2 Å². The molecule has 1 unspecified atom stereocenters. The summed E-state index contributed by atoms with van der Waals surface area (Å²) in [6.45, 7) is 2.53. The first-order valence-corrected chi connectivity index (χ1v) is 9.61. The third-order valence-electron chi connectivity index (χ3n) is 6.23. The molecule has 0 aromatic heterocycles. The van der Waals surface area contributed by atoms with Crippen LogP contribution in [0.4, 0.5) is 16.2 Å². The molecule has 1 aromatic rings. The number of benzene rings is 1. The van der Waals surface area contributed by atoms with E-state index >= 15 is 0 Å². The number of amides is 5. The van der Waals surface area contributed by atoms with Gasteiger partial charge in [-0.05, 0) is 43.0 Å². The number of imide groups is 2. The number of rotatable bonds is 2. The van der Waals surface area contributed by atoms with Gasteiger partial charge in [0.05, 0.1) is 6.04 Å².